The molecular weight excluding hydrogens is 178 g/mol. The number of carbonyl (C=O) groups is 1. The van der Waals surface area contributed by atoms with Crippen LogP contribution in [-0.4, -0.2) is 24.1 Å². The van der Waals surface area contributed by atoms with Gasteiger partial charge in [0.05, 0.1) is 0 Å². The SMILES string of the molecule is CCC=C(C)C(=O)N(NCC)NCC. The number of hydrogen-bond acceptors (Lipinski definition) is 3. The van der Waals surface area contributed by atoms with Crippen molar-refractivity contribution in [2.24, 2.45) is 0 Å². The molecule has 0 fully saturated rings. The fraction of sp³-hybridized carbons (Fsp3) is 0.700. The maximum Gasteiger partial charge on any atom is 0.278 e. The molecule has 0 aliphatic carbocycles. The molecule has 0 heterocycles. The molecule has 0 aromatic rings. The third-order valence-corrected chi connectivity index (χ3v) is 1.68. The topological polar surface area (TPSA) is 44.4 Å². The molecule has 0 radical (unpaired) electrons. The van der Waals surface area contributed by atoms with E-state index in [1.807, 2.05) is 33.8 Å². The predicted molar refractivity (Wildman–Crippen MR) is 58.2 cm³/mol. The molecule has 0 saturated carbocycles. The average Bonchev–Trinajstić information content (AvgIpc) is 2.17. The molecule has 0 rings (SSSR count). The number of nitrogens with zero attached hydrogens (tertiary/aromatic N) is 1. The Labute approximate surface area is 86.3 Å². The molecule has 0 unspecified atom stereocenters. The first-order valence-corrected chi connectivity index (χ1v) is 5.15. The predicted octanol–water partition coefficient (Wildman–Crippen LogP) is 1.22. The van der Waals surface area contributed by atoms with Crippen molar-refractivity contribution in [3.05, 3.63) is 11.6 Å². The average molecular weight is 199 g/mol. The van der Waals surface area contributed by atoms with Gasteiger partial charge >= 0.3 is 0 Å². The van der Waals surface area contributed by atoms with E-state index in [2.05, 4.69) is 10.9 Å². The molecule has 1 amide bonds. The van der Waals surface area contributed by atoms with Crippen LogP contribution in [0.2, 0.25) is 0 Å². The fourth-order valence-electron chi connectivity index (χ4n) is 1.09. The lowest BCUT2D eigenvalue weighted by Gasteiger charge is -2.22. The van der Waals surface area contributed by atoms with Gasteiger partial charge < -0.3 is 0 Å². The summed E-state index contributed by atoms with van der Waals surface area (Å²) in [5.41, 5.74) is 6.67. The molecule has 4 heteroatoms. The van der Waals surface area contributed by atoms with Gasteiger partial charge in [-0.05, 0) is 13.3 Å². The van der Waals surface area contributed by atoms with E-state index in [4.69, 9.17) is 0 Å². The fourth-order valence-corrected chi connectivity index (χ4v) is 1.09. The first-order chi connectivity index (χ1) is 6.67. The van der Waals surface area contributed by atoms with Crippen molar-refractivity contribution in [1.29, 1.82) is 0 Å². The highest BCUT2D eigenvalue weighted by molar-refractivity contribution is 5.92. The van der Waals surface area contributed by atoms with Crippen LogP contribution >= 0.6 is 0 Å². The summed E-state index contributed by atoms with van der Waals surface area (Å²) >= 11 is 0. The van der Waals surface area contributed by atoms with Crippen LogP contribution in [0.5, 0.6) is 0 Å². The second kappa shape index (κ2) is 7.53. The van der Waals surface area contributed by atoms with Crippen LogP contribution in [0.3, 0.4) is 0 Å². The van der Waals surface area contributed by atoms with Crippen molar-refractivity contribution in [2.75, 3.05) is 13.1 Å². The molecule has 14 heavy (non-hydrogen) atoms. The molecule has 0 spiro atoms. The lowest BCUT2D eigenvalue weighted by molar-refractivity contribution is -0.134. The highest BCUT2D eigenvalue weighted by Gasteiger charge is 2.12. The number of carbonyl (C=O) groups excluding carboxylic acids is 1. The summed E-state index contributed by atoms with van der Waals surface area (Å²) in [6, 6.07) is 0. The Bertz CT molecular complexity index is 196. The van der Waals surface area contributed by atoms with E-state index >= 15 is 0 Å². The van der Waals surface area contributed by atoms with Crippen LogP contribution in [0, 0.1) is 0 Å². The number of rotatable bonds is 6. The van der Waals surface area contributed by atoms with Crippen LogP contribution in [0.4, 0.5) is 0 Å². The van der Waals surface area contributed by atoms with Crippen LogP contribution in [-0.2, 0) is 4.79 Å². The van der Waals surface area contributed by atoms with E-state index in [1.165, 1.54) is 5.12 Å². The second-order valence-electron chi connectivity index (χ2n) is 2.96. The van der Waals surface area contributed by atoms with Crippen molar-refractivity contribution in [3.8, 4) is 0 Å². The minimum atomic E-state index is -0.0180. The minimum Gasteiger partial charge on any atom is -0.267 e. The number of hydrazine groups is 2. The normalized spacial score (nSPS) is 11.6. The van der Waals surface area contributed by atoms with E-state index in [1.54, 1.807) is 0 Å². The van der Waals surface area contributed by atoms with Gasteiger partial charge in [0.2, 0.25) is 0 Å². The van der Waals surface area contributed by atoms with E-state index in [9.17, 15) is 4.79 Å². The summed E-state index contributed by atoms with van der Waals surface area (Å²) in [4.78, 5) is 11.7. The molecule has 82 valence electrons. The maximum atomic E-state index is 11.7. The van der Waals surface area contributed by atoms with Crippen molar-refractivity contribution in [1.82, 2.24) is 16.0 Å². The molecule has 2 N–H and O–H groups in total. The van der Waals surface area contributed by atoms with Crippen LogP contribution < -0.4 is 10.9 Å². The first-order valence-electron chi connectivity index (χ1n) is 5.15. The molecule has 0 aliphatic rings. The quantitative estimate of drug-likeness (QED) is 0.499. The smallest absolute Gasteiger partial charge is 0.267 e. The zero-order valence-electron chi connectivity index (χ0n) is 9.55. The zero-order valence-corrected chi connectivity index (χ0v) is 9.55. The number of nitrogens with one attached hydrogen (secondary N) is 2. The summed E-state index contributed by atoms with van der Waals surface area (Å²) in [6.07, 6.45) is 2.80. The molecular formula is C10H21N3O. The largest absolute Gasteiger partial charge is 0.278 e. The lowest BCUT2D eigenvalue weighted by atomic mass is 10.2. The minimum absolute atomic E-state index is 0.0180. The summed E-state index contributed by atoms with van der Waals surface area (Å²) in [5, 5.41) is 1.45. The highest BCUT2D eigenvalue weighted by atomic mass is 16.2. The first kappa shape index (κ1) is 13.1. The Balaban J connectivity index is 4.34. The summed E-state index contributed by atoms with van der Waals surface area (Å²) in [7, 11) is 0. The van der Waals surface area contributed by atoms with Crippen LogP contribution in [0.1, 0.15) is 34.1 Å². The van der Waals surface area contributed by atoms with Gasteiger partial charge in [-0.15, -0.1) is 0 Å². The van der Waals surface area contributed by atoms with Crippen molar-refractivity contribution in [2.45, 2.75) is 34.1 Å². The highest BCUT2D eigenvalue weighted by Crippen LogP contribution is 1.98. The van der Waals surface area contributed by atoms with E-state index in [0.29, 0.717) is 0 Å². The number of hydrogen-bond donors (Lipinski definition) is 2. The molecule has 4 nitrogen and oxygen atoms in total. The molecule has 0 bridgehead atoms. The molecule has 0 aliphatic heterocycles. The van der Waals surface area contributed by atoms with E-state index in [0.717, 1.165) is 25.1 Å². The van der Waals surface area contributed by atoms with Crippen LogP contribution in [0.15, 0.2) is 11.6 Å². The van der Waals surface area contributed by atoms with Gasteiger partial charge in [-0.3, -0.25) is 4.79 Å². The number of allylic oxidation sites excluding steroid dienone is 1. The number of amides is 1. The maximum absolute atomic E-state index is 11.7. The van der Waals surface area contributed by atoms with Crippen molar-refractivity contribution >= 4 is 5.91 Å². The lowest BCUT2D eigenvalue weighted by Crippen LogP contribution is -2.52. The molecule has 0 aromatic heterocycles. The van der Waals surface area contributed by atoms with Gasteiger partial charge in [0.15, 0.2) is 0 Å². The van der Waals surface area contributed by atoms with E-state index < -0.39 is 0 Å². The van der Waals surface area contributed by atoms with Gasteiger partial charge in [0.25, 0.3) is 5.91 Å². The molecule has 0 aromatic carbocycles. The van der Waals surface area contributed by atoms with E-state index in [-0.39, 0.29) is 5.91 Å². The monoisotopic (exact) mass is 199 g/mol. The third kappa shape index (κ3) is 4.39. The summed E-state index contributed by atoms with van der Waals surface area (Å²) in [6.45, 7) is 9.19. The van der Waals surface area contributed by atoms with Crippen molar-refractivity contribution in [3.63, 3.8) is 0 Å². The van der Waals surface area contributed by atoms with Gasteiger partial charge in [-0.25, -0.2) is 16.0 Å². The Morgan fingerprint density at radius 1 is 1.21 bits per heavy atom. The molecule has 0 atom stereocenters. The Kier molecular flexibility index (Phi) is 7.06. The van der Waals surface area contributed by atoms with Gasteiger partial charge in [0, 0.05) is 18.7 Å². The standard InChI is InChI=1S/C10H21N3O/c1-5-8-9(4)10(14)13(11-6-2)12-7-3/h8,11-12H,5-7H2,1-4H3. The third-order valence-electron chi connectivity index (χ3n) is 1.68. The second-order valence-corrected chi connectivity index (χ2v) is 2.96. The van der Waals surface area contributed by atoms with Gasteiger partial charge in [-0.1, -0.05) is 26.8 Å². The van der Waals surface area contributed by atoms with Crippen molar-refractivity contribution < 1.29 is 4.79 Å². The van der Waals surface area contributed by atoms with Crippen LogP contribution in [0.25, 0.3) is 0 Å². The van der Waals surface area contributed by atoms with Gasteiger partial charge in [-0.2, -0.15) is 0 Å². The summed E-state index contributed by atoms with van der Waals surface area (Å²) < 4.78 is 0. The Hall–Kier alpha value is -0.870. The Morgan fingerprint density at radius 3 is 2.07 bits per heavy atom. The summed E-state index contributed by atoms with van der Waals surface area (Å²) in [5.74, 6) is -0.0180. The zero-order chi connectivity index (χ0) is 11.0. The molecule has 0 saturated heterocycles. The Morgan fingerprint density at radius 2 is 1.71 bits per heavy atom. The van der Waals surface area contributed by atoms with Gasteiger partial charge in [0.1, 0.15) is 0 Å².